The van der Waals surface area contributed by atoms with Gasteiger partial charge in [-0.1, -0.05) is 12.1 Å². The maximum absolute atomic E-state index is 11.0. The van der Waals surface area contributed by atoms with Crippen molar-refractivity contribution < 1.29 is 19.7 Å². The molecule has 0 amide bonds. The minimum atomic E-state index is -0.981. The van der Waals surface area contributed by atoms with Crippen molar-refractivity contribution in [1.29, 1.82) is 5.26 Å². The van der Waals surface area contributed by atoms with Crippen LogP contribution < -0.4 is 4.74 Å². The zero-order valence-electron chi connectivity index (χ0n) is 13.8. The number of carboxylic acids is 1. The van der Waals surface area contributed by atoms with Crippen molar-refractivity contribution >= 4 is 5.97 Å². The monoisotopic (exact) mass is 348 g/mol. The van der Waals surface area contributed by atoms with Gasteiger partial charge in [0, 0.05) is 23.6 Å². The molecule has 1 aromatic heterocycles. The average molecular weight is 348 g/mol. The third-order valence-electron chi connectivity index (χ3n) is 3.88. The third-order valence-corrected chi connectivity index (χ3v) is 3.88. The first-order valence-electron chi connectivity index (χ1n) is 7.92. The van der Waals surface area contributed by atoms with Gasteiger partial charge in [0.05, 0.1) is 17.7 Å². The Kier molecular flexibility index (Phi) is 5.02. The maximum atomic E-state index is 11.0. The standard InChI is InChI=1S/C20H16N2O4/c21-11-16-12-22(17-5-1-15(2-6-17)20(24)25)13-19(16)14-3-7-18(8-4-14)26-10-9-23/h1-8,12-13,23H,9-10H2,(H,24,25). The molecule has 0 unspecified atom stereocenters. The molecule has 6 heteroatoms. The van der Waals surface area contributed by atoms with Crippen LogP contribution in [0, 0.1) is 11.3 Å². The molecule has 0 fully saturated rings. The Hall–Kier alpha value is -3.56. The summed E-state index contributed by atoms with van der Waals surface area (Å²) in [6.45, 7) is 0.176. The Morgan fingerprint density at radius 1 is 1.08 bits per heavy atom. The van der Waals surface area contributed by atoms with E-state index in [0.29, 0.717) is 11.3 Å². The Labute approximate surface area is 150 Å². The molecule has 0 atom stereocenters. The van der Waals surface area contributed by atoms with E-state index in [0.717, 1.165) is 16.8 Å². The predicted molar refractivity (Wildman–Crippen MR) is 95.5 cm³/mol. The van der Waals surface area contributed by atoms with Crippen molar-refractivity contribution in [3.05, 3.63) is 72.1 Å². The molecule has 130 valence electrons. The molecule has 0 saturated heterocycles. The molecule has 0 aliphatic heterocycles. The van der Waals surface area contributed by atoms with Gasteiger partial charge in [0.1, 0.15) is 18.4 Å². The Morgan fingerprint density at radius 2 is 1.77 bits per heavy atom. The van der Waals surface area contributed by atoms with Crippen LogP contribution in [0.3, 0.4) is 0 Å². The highest BCUT2D eigenvalue weighted by Gasteiger charge is 2.11. The van der Waals surface area contributed by atoms with Crippen molar-refractivity contribution in [2.24, 2.45) is 0 Å². The van der Waals surface area contributed by atoms with Crippen LogP contribution in [0.2, 0.25) is 0 Å². The second kappa shape index (κ2) is 7.55. The lowest BCUT2D eigenvalue weighted by atomic mass is 10.1. The normalized spacial score (nSPS) is 10.3. The van der Waals surface area contributed by atoms with E-state index >= 15 is 0 Å². The summed E-state index contributed by atoms with van der Waals surface area (Å²) in [5.41, 5.74) is 3.11. The van der Waals surface area contributed by atoms with Crippen LogP contribution in [0.4, 0.5) is 0 Å². The Balaban J connectivity index is 1.91. The number of hydrogen-bond donors (Lipinski definition) is 2. The summed E-state index contributed by atoms with van der Waals surface area (Å²) in [5, 5.41) is 27.2. The van der Waals surface area contributed by atoms with Crippen LogP contribution >= 0.6 is 0 Å². The number of rotatable bonds is 6. The quantitative estimate of drug-likeness (QED) is 0.714. The first-order valence-corrected chi connectivity index (χ1v) is 7.92. The van der Waals surface area contributed by atoms with E-state index < -0.39 is 5.97 Å². The molecule has 0 saturated carbocycles. The summed E-state index contributed by atoms with van der Waals surface area (Å²) in [5.74, 6) is -0.337. The molecule has 0 spiro atoms. The number of nitrogens with zero attached hydrogens (tertiary/aromatic N) is 2. The van der Waals surface area contributed by atoms with Crippen molar-refractivity contribution in [2.45, 2.75) is 0 Å². The number of aliphatic hydroxyl groups is 1. The first-order chi connectivity index (χ1) is 12.6. The topological polar surface area (TPSA) is 95.5 Å². The minimum Gasteiger partial charge on any atom is -0.491 e. The van der Waals surface area contributed by atoms with Crippen LogP contribution in [0.1, 0.15) is 15.9 Å². The molecule has 2 N–H and O–H groups in total. The van der Waals surface area contributed by atoms with Crippen molar-refractivity contribution in [1.82, 2.24) is 4.57 Å². The van der Waals surface area contributed by atoms with E-state index in [1.54, 1.807) is 35.0 Å². The van der Waals surface area contributed by atoms with Crippen LogP contribution in [0.15, 0.2) is 60.9 Å². The molecule has 0 radical (unpaired) electrons. The minimum absolute atomic E-state index is 0.0517. The molecular formula is C20H16N2O4. The Bertz CT molecular complexity index is 951. The predicted octanol–water partition coefficient (Wildman–Crippen LogP) is 3.09. The van der Waals surface area contributed by atoms with Gasteiger partial charge in [0.25, 0.3) is 0 Å². The number of hydrogen-bond acceptors (Lipinski definition) is 4. The fourth-order valence-electron chi connectivity index (χ4n) is 2.59. The third kappa shape index (κ3) is 3.58. The molecule has 0 aliphatic rings. The Morgan fingerprint density at radius 3 is 2.35 bits per heavy atom. The van der Waals surface area contributed by atoms with Gasteiger partial charge in [-0.25, -0.2) is 4.79 Å². The SMILES string of the molecule is N#Cc1cn(-c2ccc(C(=O)O)cc2)cc1-c1ccc(OCCO)cc1. The fourth-order valence-corrected chi connectivity index (χ4v) is 2.59. The van der Waals surface area contributed by atoms with Gasteiger partial charge in [0.15, 0.2) is 0 Å². The number of carboxylic acid groups (broad SMARTS) is 1. The fraction of sp³-hybridized carbons (Fsp3) is 0.100. The van der Waals surface area contributed by atoms with Gasteiger partial charge >= 0.3 is 5.97 Å². The highest BCUT2D eigenvalue weighted by molar-refractivity contribution is 5.87. The van der Waals surface area contributed by atoms with E-state index in [9.17, 15) is 10.1 Å². The van der Waals surface area contributed by atoms with Gasteiger partial charge in [-0.05, 0) is 42.0 Å². The summed E-state index contributed by atoms with van der Waals surface area (Å²) in [6, 6.07) is 15.9. The lowest BCUT2D eigenvalue weighted by molar-refractivity contribution is 0.0697. The van der Waals surface area contributed by atoms with Crippen LogP contribution in [-0.4, -0.2) is 34.0 Å². The number of ether oxygens (including phenoxy) is 1. The second-order valence-corrected chi connectivity index (χ2v) is 5.55. The molecule has 2 aromatic carbocycles. The first kappa shape index (κ1) is 17.3. The lowest BCUT2D eigenvalue weighted by Gasteiger charge is -2.05. The van der Waals surface area contributed by atoms with Gasteiger partial charge in [-0.3, -0.25) is 0 Å². The summed E-state index contributed by atoms with van der Waals surface area (Å²) < 4.78 is 7.13. The van der Waals surface area contributed by atoms with Gasteiger partial charge in [-0.2, -0.15) is 5.26 Å². The highest BCUT2D eigenvalue weighted by atomic mass is 16.5. The van der Waals surface area contributed by atoms with Crippen LogP contribution in [0.5, 0.6) is 5.75 Å². The molecule has 0 bridgehead atoms. The molecule has 0 aliphatic carbocycles. The van der Waals surface area contributed by atoms with E-state index in [1.807, 2.05) is 18.3 Å². The van der Waals surface area contributed by atoms with E-state index in [4.69, 9.17) is 14.9 Å². The van der Waals surface area contributed by atoms with E-state index in [2.05, 4.69) is 6.07 Å². The largest absolute Gasteiger partial charge is 0.491 e. The van der Waals surface area contributed by atoms with Crippen molar-refractivity contribution in [2.75, 3.05) is 13.2 Å². The molecule has 3 aromatic rings. The molecule has 6 nitrogen and oxygen atoms in total. The summed E-state index contributed by atoms with van der Waals surface area (Å²) >= 11 is 0. The number of nitriles is 1. The number of carbonyl (C=O) groups is 1. The number of aromatic nitrogens is 1. The van der Waals surface area contributed by atoms with Gasteiger partial charge in [-0.15, -0.1) is 0 Å². The molecule has 3 rings (SSSR count). The number of aliphatic hydroxyl groups excluding tert-OH is 1. The highest BCUT2D eigenvalue weighted by Crippen LogP contribution is 2.28. The van der Waals surface area contributed by atoms with Crippen molar-refractivity contribution in [3.63, 3.8) is 0 Å². The number of benzene rings is 2. The van der Waals surface area contributed by atoms with Crippen molar-refractivity contribution in [3.8, 4) is 28.6 Å². The average Bonchev–Trinajstić information content (AvgIpc) is 3.11. The second-order valence-electron chi connectivity index (χ2n) is 5.55. The maximum Gasteiger partial charge on any atom is 0.335 e. The van der Waals surface area contributed by atoms with Gasteiger partial charge < -0.3 is 19.5 Å². The van der Waals surface area contributed by atoms with Gasteiger partial charge in [0.2, 0.25) is 0 Å². The number of aromatic carboxylic acids is 1. The molecule has 26 heavy (non-hydrogen) atoms. The smallest absolute Gasteiger partial charge is 0.335 e. The summed E-state index contributed by atoms with van der Waals surface area (Å²) in [4.78, 5) is 11.0. The zero-order chi connectivity index (χ0) is 18.5. The van der Waals surface area contributed by atoms with Crippen LogP contribution in [0.25, 0.3) is 16.8 Å². The molecular weight excluding hydrogens is 332 g/mol. The summed E-state index contributed by atoms with van der Waals surface area (Å²) in [7, 11) is 0. The lowest BCUT2D eigenvalue weighted by Crippen LogP contribution is -2.01. The summed E-state index contributed by atoms with van der Waals surface area (Å²) in [6.07, 6.45) is 3.54. The van der Waals surface area contributed by atoms with E-state index in [-0.39, 0.29) is 18.8 Å². The molecule has 1 heterocycles. The van der Waals surface area contributed by atoms with E-state index in [1.165, 1.54) is 12.1 Å². The van der Waals surface area contributed by atoms with Crippen LogP contribution in [-0.2, 0) is 0 Å². The zero-order valence-corrected chi connectivity index (χ0v) is 13.8.